The molecule has 0 aliphatic rings. The number of hydrogen-bond donors (Lipinski definition) is 0. The third kappa shape index (κ3) is 1.36. The smallest absolute Gasteiger partial charge is 0.155 e. The Labute approximate surface area is 72.0 Å². The first-order valence-electron chi connectivity index (χ1n) is 2.74. The van der Waals surface area contributed by atoms with Crippen LogP contribution in [0.25, 0.3) is 0 Å². The van der Waals surface area contributed by atoms with E-state index in [1.807, 2.05) is 12.1 Å². The number of nitrogens with zero attached hydrogens (tertiary/aromatic N) is 3. The SMILES string of the molecule is N#Cc1ccnc(C#N)c1Br. The second kappa shape index (κ2) is 3.14. The summed E-state index contributed by atoms with van der Waals surface area (Å²) in [4.78, 5) is 3.75. The van der Waals surface area contributed by atoms with Gasteiger partial charge in [-0.15, -0.1) is 0 Å². The van der Waals surface area contributed by atoms with Gasteiger partial charge in [0.25, 0.3) is 0 Å². The number of aromatic nitrogens is 1. The predicted octanol–water partition coefficient (Wildman–Crippen LogP) is 1.59. The molecule has 3 nitrogen and oxygen atoms in total. The number of rotatable bonds is 0. The van der Waals surface area contributed by atoms with E-state index in [-0.39, 0.29) is 5.69 Å². The maximum absolute atomic E-state index is 8.52. The van der Waals surface area contributed by atoms with Gasteiger partial charge >= 0.3 is 0 Å². The Morgan fingerprint density at radius 3 is 2.64 bits per heavy atom. The van der Waals surface area contributed by atoms with Crippen molar-refractivity contribution in [2.45, 2.75) is 0 Å². The summed E-state index contributed by atoms with van der Waals surface area (Å²) in [5.74, 6) is 0. The van der Waals surface area contributed by atoms with Crippen molar-refractivity contribution in [1.29, 1.82) is 10.5 Å². The molecule has 11 heavy (non-hydrogen) atoms. The number of halogens is 1. The van der Waals surface area contributed by atoms with E-state index in [4.69, 9.17) is 10.5 Å². The fraction of sp³-hybridized carbons (Fsp3) is 0. The molecule has 1 heterocycles. The molecule has 4 heteroatoms. The van der Waals surface area contributed by atoms with Crippen LogP contribution >= 0.6 is 15.9 Å². The molecular formula is C7H2BrN3. The fourth-order valence-corrected chi connectivity index (χ4v) is 1.02. The zero-order chi connectivity index (χ0) is 8.27. The molecule has 0 aromatic carbocycles. The average Bonchev–Trinajstić information content (AvgIpc) is 2.05. The van der Waals surface area contributed by atoms with E-state index in [2.05, 4.69) is 20.9 Å². The highest BCUT2D eigenvalue weighted by Gasteiger charge is 2.03. The van der Waals surface area contributed by atoms with Crippen LogP contribution in [0.5, 0.6) is 0 Å². The molecule has 0 amide bonds. The number of nitriles is 2. The van der Waals surface area contributed by atoms with Gasteiger partial charge in [0.2, 0.25) is 0 Å². The third-order valence-corrected chi connectivity index (χ3v) is 1.92. The van der Waals surface area contributed by atoms with E-state index in [0.717, 1.165) is 0 Å². The Kier molecular flexibility index (Phi) is 2.20. The van der Waals surface area contributed by atoms with Crippen molar-refractivity contribution < 1.29 is 0 Å². The largest absolute Gasteiger partial charge is 0.244 e. The van der Waals surface area contributed by atoms with Crippen LogP contribution in [0, 0.1) is 22.7 Å². The molecule has 0 unspecified atom stereocenters. The van der Waals surface area contributed by atoms with Crippen LogP contribution in [0.3, 0.4) is 0 Å². The first kappa shape index (κ1) is 7.71. The number of hydrogen-bond acceptors (Lipinski definition) is 3. The Bertz CT molecular complexity index is 327. The molecule has 0 aliphatic carbocycles. The van der Waals surface area contributed by atoms with Crippen molar-refractivity contribution in [3.8, 4) is 12.1 Å². The van der Waals surface area contributed by atoms with Crippen LogP contribution in [-0.2, 0) is 0 Å². The molecule has 0 spiro atoms. The molecule has 1 aromatic heterocycles. The van der Waals surface area contributed by atoms with Gasteiger partial charge in [0, 0.05) is 6.20 Å². The van der Waals surface area contributed by atoms with Gasteiger partial charge < -0.3 is 0 Å². The lowest BCUT2D eigenvalue weighted by Crippen LogP contribution is -1.86. The van der Waals surface area contributed by atoms with E-state index in [9.17, 15) is 0 Å². The molecule has 0 saturated carbocycles. The van der Waals surface area contributed by atoms with Crippen LogP contribution < -0.4 is 0 Å². The zero-order valence-corrected chi connectivity index (χ0v) is 6.96. The van der Waals surface area contributed by atoms with Crippen molar-refractivity contribution >= 4 is 15.9 Å². The van der Waals surface area contributed by atoms with E-state index < -0.39 is 0 Å². The summed E-state index contributed by atoms with van der Waals surface area (Å²) in [7, 11) is 0. The van der Waals surface area contributed by atoms with E-state index in [1.54, 1.807) is 6.07 Å². The summed E-state index contributed by atoms with van der Waals surface area (Å²) in [6.07, 6.45) is 1.43. The van der Waals surface area contributed by atoms with Crippen molar-refractivity contribution in [2.24, 2.45) is 0 Å². The molecule has 0 saturated heterocycles. The fourth-order valence-electron chi connectivity index (χ4n) is 0.608. The minimum Gasteiger partial charge on any atom is -0.244 e. The van der Waals surface area contributed by atoms with Crippen molar-refractivity contribution in [3.05, 3.63) is 28.0 Å². The molecule has 0 radical (unpaired) electrons. The summed E-state index contributed by atoms with van der Waals surface area (Å²) < 4.78 is 0.463. The van der Waals surface area contributed by atoms with E-state index in [1.165, 1.54) is 6.20 Å². The maximum atomic E-state index is 8.52. The second-order valence-electron chi connectivity index (χ2n) is 1.74. The van der Waals surface area contributed by atoms with Gasteiger partial charge in [-0.05, 0) is 22.0 Å². The Morgan fingerprint density at radius 2 is 2.09 bits per heavy atom. The summed E-state index contributed by atoms with van der Waals surface area (Å²) in [5.41, 5.74) is 0.667. The summed E-state index contributed by atoms with van der Waals surface area (Å²) in [6, 6.07) is 5.34. The zero-order valence-electron chi connectivity index (χ0n) is 5.37. The average molecular weight is 208 g/mol. The highest BCUT2D eigenvalue weighted by molar-refractivity contribution is 9.10. The highest BCUT2D eigenvalue weighted by Crippen LogP contribution is 2.17. The van der Waals surface area contributed by atoms with Crippen molar-refractivity contribution in [1.82, 2.24) is 4.98 Å². The Morgan fingerprint density at radius 1 is 1.36 bits per heavy atom. The standard InChI is InChI=1S/C7H2BrN3/c8-7-5(3-9)1-2-11-6(7)4-10/h1-2H. The first-order chi connectivity index (χ1) is 5.29. The molecule has 0 atom stereocenters. The van der Waals surface area contributed by atoms with Crippen LogP contribution in [0.15, 0.2) is 16.7 Å². The van der Waals surface area contributed by atoms with E-state index >= 15 is 0 Å². The second-order valence-corrected chi connectivity index (χ2v) is 2.54. The van der Waals surface area contributed by atoms with Crippen LogP contribution in [0.4, 0.5) is 0 Å². The molecule has 52 valence electrons. The Balaban J connectivity index is 3.38. The van der Waals surface area contributed by atoms with Gasteiger partial charge in [-0.3, -0.25) is 0 Å². The van der Waals surface area contributed by atoms with Crippen LogP contribution in [0.2, 0.25) is 0 Å². The molecular weight excluding hydrogens is 206 g/mol. The van der Waals surface area contributed by atoms with Crippen molar-refractivity contribution in [2.75, 3.05) is 0 Å². The number of pyridine rings is 1. The molecule has 0 fully saturated rings. The monoisotopic (exact) mass is 207 g/mol. The van der Waals surface area contributed by atoms with Crippen LogP contribution in [-0.4, -0.2) is 4.98 Å². The summed E-state index contributed by atoms with van der Waals surface area (Å²) in [6.45, 7) is 0. The van der Waals surface area contributed by atoms with Gasteiger partial charge in [-0.1, -0.05) is 0 Å². The van der Waals surface area contributed by atoms with Gasteiger partial charge in [0.15, 0.2) is 5.69 Å². The lowest BCUT2D eigenvalue weighted by molar-refractivity contribution is 1.23. The summed E-state index contributed by atoms with van der Waals surface area (Å²) >= 11 is 3.09. The van der Waals surface area contributed by atoms with Gasteiger partial charge in [-0.2, -0.15) is 10.5 Å². The molecule has 0 N–H and O–H groups in total. The third-order valence-electron chi connectivity index (χ3n) is 1.12. The van der Waals surface area contributed by atoms with Crippen LogP contribution in [0.1, 0.15) is 11.3 Å². The topological polar surface area (TPSA) is 60.5 Å². The van der Waals surface area contributed by atoms with E-state index in [0.29, 0.717) is 10.0 Å². The minimum atomic E-state index is 0.240. The quantitative estimate of drug-likeness (QED) is 0.650. The van der Waals surface area contributed by atoms with Gasteiger partial charge in [0.1, 0.15) is 12.1 Å². The first-order valence-corrected chi connectivity index (χ1v) is 3.53. The Hall–Kier alpha value is -1.39. The lowest BCUT2D eigenvalue weighted by Gasteiger charge is -1.93. The molecule has 0 aliphatic heterocycles. The highest BCUT2D eigenvalue weighted by atomic mass is 79.9. The van der Waals surface area contributed by atoms with Gasteiger partial charge in [-0.25, -0.2) is 4.98 Å². The molecule has 1 rings (SSSR count). The van der Waals surface area contributed by atoms with Gasteiger partial charge in [0.05, 0.1) is 10.0 Å². The maximum Gasteiger partial charge on any atom is 0.155 e. The lowest BCUT2D eigenvalue weighted by atomic mass is 10.2. The predicted molar refractivity (Wildman–Crippen MR) is 41.4 cm³/mol. The molecule has 0 bridgehead atoms. The minimum absolute atomic E-state index is 0.240. The summed E-state index contributed by atoms with van der Waals surface area (Å²) in [5, 5.41) is 17.0. The van der Waals surface area contributed by atoms with Crippen molar-refractivity contribution in [3.63, 3.8) is 0 Å². The molecule has 1 aromatic rings. The normalized spacial score (nSPS) is 8.27.